The Kier molecular flexibility index (Phi) is 5.33. The van der Waals surface area contributed by atoms with Crippen LogP contribution >= 0.6 is 11.3 Å². The molecule has 104 valence electrons. The van der Waals surface area contributed by atoms with Crippen molar-refractivity contribution < 1.29 is 13.5 Å². The van der Waals surface area contributed by atoms with Gasteiger partial charge in [0.2, 0.25) is 10.0 Å². The van der Waals surface area contributed by atoms with Crippen LogP contribution in [0, 0.1) is 5.92 Å². The maximum Gasteiger partial charge on any atom is 0.247 e. The van der Waals surface area contributed by atoms with Crippen LogP contribution in [-0.2, 0) is 10.0 Å². The van der Waals surface area contributed by atoms with E-state index >= 15 is 0 Å². The highest BCUT2D eigenvalue weighted by molar-refractivity contribution is 7.91. The van der Waals surface area contributed by atoms with Gasteiger partial charge in [-0.3, -0.25) is 0 Å². The van der Waals surface area contributed by atoms with Crippen LogP contribution in [0.5, 0.6) is 0 Å². The molecular formula is C12H21NO3S2. The second kappa shape index (κ2) is 6.14. The Morgan fingerprint density at radius 2 is 2.00 bits per heavy atom. The van der Waals surface area contributed by atoms with E-state index in [2.05, 4.69) is 0 Å². The normalized spacial score (nSPS) is 17.4. The van der Waals surface area contributed by atoms with Crippen LogP contribution in [0.4, 0.5) is 0 Å². The average Bonchev–Trinajstić information content (AvgIpc) is 2.77. The van der Waals surface area contributed by atoms with Crippen LogP contribution in [0.15, 0.2) is 15.7 Å². The summed E-state index contributed by atoms with van der Waals surface area (Å²) in [5, 5.41) is 17.1. The molecule has 0 amide bonds. The first kappa shape index (κ1) is 15.6. The van der Waals surface area contributed by atoms with Crippen molar-refractivity contribution in [1.29, 1.82) is 0 Å². The predicted octanol–water partition coefficient (Wildman–Crippen LogP) is 2.30. The van der Waals surface area contributed by atoms with Gasteiger partial charge in [0, 0.05) is 5.92 Å². The third kappa shape index (κ3) is 3.32. The molecule has 4 nitrogen and oxygen atoms in total. The molecule has 0 aliphatic rings. The first-order valence-electron chi connectivity index (χ1n) is 6.11. The van der Waals surface area contributed by atoms with Crippen LogP contribution in [0.3, 0.4) is 0 Å². The van der Waals surface area contributed by atoms with E-state index in [1.807, 2.05) is 20.8 Å². The molecule has 1 aromatic rings. The smallest absolute Gasteiger partial charge is 0.247 e. The van der Waals surface area contributed by atoms with E-state index in [4.69, 9.17) is 5.14 Å². The van der Waals surface area contributed by atoms with E-state index in [9.17, 15) is 13.5 Å². The molecule has 0 spiro atoms. The van der Waals surface area contributed by atoms with Crippen molar-refractivity contribution in [3.63, 3.8) is 0 Å². The van der Waals surface area contributed by atoms with Crippen molar-refractivity contribution in [3.05, 3.63) is 17.0 Å². The molecule has 0 aliphatic heterocycles. The van der Waals surface area contributed by atoms with Crippen molar-refractivity contribution in [2.24, 2.45) is 11.1 Å². The molecule has 0 saturated carbocycles. The number of hydrogen-bond acceptors (Lipinski definition) is 4. The van der Waals surface area contributed by atoms with Gasteiger partial charge in [-0.25, -0.2) is 13.6 Å². The fraction of sp³-hybridized carbons (Fsp3) is 0.667. The first-order valence-corrected chi connectivity index (χ1v) is 8.53. The molecule has 0 bridgehead atoms. The van der Waals surface area contributed by atoms with Gasteiger partial charge < -0.3 is 5.11 Å². The fourth-order valence-corrected chi connectivity index (χ4v) is 4.10. The highest BCUT2D eigenvalue weighted by Crippen LogP contribution is 2.37. The number of primary sulfonamides is 1. The van der Waals surface area contributed by atoms with Gasteiger partial charge in [-0.15, -0.1) is 11.3 Å². The van der Waals surface area contributed by atoms with E-state index < -0.39 is 16.1 Å². The van der Waals surface area contributed by atoms with Crippen molar-refractivity contribution in [2.45, 2.75) is 49.8 Å². The number of thiophene rings is 1. The molecule has 0 radical (unpaired) electrons. The quantitative estimate of drug-likeness (QED) is 0.844. The minimum atomic E-state index is -3.71. The van der Waals surface area contributed by atoms with Gasteiger partial charge in [0.05, 0.1) is 6.10 Å². The fourth-order valence-electron chi connectivity index (χ4n) is 2.18. The molecule has 0 aromatic carbocycles. The zero-order chi connectivity index (χ0) is 13.9. The van der Waals surface area contributed by atoms with Crippen LogP contribution in [0.1, 0.15) is 45.1 Å². The molecular weight excluding hydrogens is 270 g/mol. The van der Waals surface area contributed by atoms with E-state index in [0.29, 0.717) is 12.0 Å². The summed E-state index contributed by atoms with van der Waals surface area (Å²) in [5.41, 5.74) is 0.659. The summed E-state index contributed by atoms with van der Waals surface area (Å²) >= 11 is 1.12. The minimum Gasteiger partial charge on any atom is -0.392 e. The number of aliphatic hydroxyl groups is 1. The molecule has 1 rings (SSSR count). The maximum atomic E-state index is 11.5. The van der Waals surface area contributed by atoms with E-state index in [1.54, 1.807) is 11.4 Å². The van der Waals surface area contributed by atoms with Gasteiger partial charge >= 0.3 is 0 Å². The number of sulfonamides is 1. The van der Waals surface area contributed by atoms with Crippen LogP contribution in [0.25, 0.3) is 0 Å². The van der Waals surface area contributed by atoms with Crippen LogP contribution in [-0.4, -0.2) is 19.6 Å². The molecule has 1 heterocycles. The topological polar surface area (TPSA) is 80.4 Å². The number of nitrogens with two attached hydrogens (primary N) is 1. The molecule has 0 aliphatic carbocycles. The third-order valence-electron chi connectivity index (χ3n) is 3.37. The van der Waals surface area contributed by atoms with Gasteiger partial charge in [0.1, 0.15) is 4.21 Å². The Labute approximate surface area is 113 Å². The first-order chi connectivity index (χ1) is 8.32. The Morgan fingerprint density at radius 3 is 2.44 bits per heavy atom. The molecule has 3 atom stereocenters. The van der Waals surface area contributed by atoms with Gasteiger partial charge in [-0.05, 0) is 29.3 Å². The second-order valence-corrected chi connectivity index (χ2v) is 7.27. The summed E-state index contributed by atoms with van der Waals surface area (Å²) < 4.78 is 23.3. The van der Waals surface area contributed by atoms with Crippen molar-refractivity contribution >= 4 is 21.4 Å². The Balaban J connectivity index is 3.26. The molecule has 18 heavy (non-hydrogen) atoms. The van der Waals surface area contributed by atoms with E-state index in [-0.39, 0.29) is 16.0 Å². The lowest BCUT2D eigenvalue weighted by molar-refractivity contribution is 0.112. The van der Waals surface area contributed by atoms with Gasteiger partial charge in [-0.1, -0.05) is 27.2 Å². The molecule has 3 N–H and O–H groups in total. The molecule has 0 saturated heterocycles. The third-order valence-corrected chi connectivity index (χ3v) is 5.83. The summed E-state index contributed by atoms with van der Waals surface area (Å²) in [5.74, 6) is 0.0228. The highest BCUT2D eigenvalue weighted by atomic mass is 32.2. The highest BCUT2D eigenvalue weighted by Gasteiger charge is 2.30. The monoisotopic (exact) mass is 291 g/mol. The zero-order valence-electron chi connectivity index (χ0n) is 11.0. The zero-order valence-corrected chi connectivity index (χ0v) is 12.6. The summed E-state index contributed by atoms with van der Waals surface area (Å²) in [4.78, 5) is 0. The van der Waals surface area contributed by atoms with Crippen molar-refractivity contribution in [3.8, 4) is 0 Å². The summed E-state index contributed by atoms with van der Waals surface area (Å²) in [6.07, 6.45) is 0.923. The number of hydrogen-bond donors (Lipinski definition) is 2. The predicted molar refractivity (Wildman–Crippen MR) is 74.2 cm³/mol. The SMILES string of the molecule is CCC(O)[C@H](c1ccsc1S(N)(=O)=O)[C@@H](C)CC. The summed E-state index contributed by atoms with van der Waals surface area (Å²) in [7, 11) is -3.71. The summed E-state index contributed by atoms with van der Waals surface area (Å²) in [6.45, 7) is 5.94. The lowest BCUT2D eigenvalue weighted by atomic mass is 9.82. The number of rotatable bonds is 6. The Hall–Kier alpha value is -0.430. The molecule has 1 aromatic heterocycles. The summed E-state index contributed by atoms with van der Waals surface area (Å²) in [6, 6.07) is 1.76. The molecule has 6 heteroatoms. The molecule has 0 fully saturated rings. The van der Waals surface area contributed by atoms with Crippen LogP contribution < -0.4 is 5.14 Å². The second-order valence-electron chi connectivity index (χ2n) is 4.60. The lowest BCUT2D eigenvalue weighted by Crippen LogP contribution is -2.25. The van der Waals surface area contributed by atoms with Crippen molar-refractivity contribution in [2.75, 3.05) is 0 Å². The minimum absolute atomic E-state index is 0.181. The lowest BCUT2D eigenvalue weighted by Gasteiger charge is -2.27. The Morgan fingerprint density at radius 1 is 1.39 bits per heavy atom. The largest absolute Gasteiger partial charge is 0.392 e. The maximum absolute atomic E-state index is 11.5. The van der Waals surface area contributed by atoms with Crippen LogP contribution in [0.2, 0.25) is 0 Å². The van der Waals surface area contributed by atoms with Gasteiger partial charge in [0.15, 0.2) is 0 Å². The average molecular weight is 291 g/mol. The molecule has 1 unspecified atom stereocenters. The van der Waals surface area contributed by atoms with Crippen molar-refractivity contribution in [1.82, 2.24) is 0 Å². The van der Waals surface area contributed by atoms with Gasteiger partial charge in [-0.2, -0.15) is 0 Å². The van der Waals surface area contributed by atoms with E-state index in [0.717, 1.165) is 17.8 Å². The van der Waals surface area contributed by atoms with E-state index in [1.165, 1.54) is 0 Å². The number of aliphatic hydroxyl groups excluding tert-OH is 1. The Bertz CT molecular complexity index is 471. The van der Waals surface area contributed by atoms with Gasteiger partial charge in [0.25, 0.3) is 0 Å². The standard InChI is InChI=1S/C12H21NO3S2/c1-4-8(3)11(10(14)5-2)9-6-7-17-12(9)18(13,15)16/h6-8,10-11,14H,4-5H2,1-3H3,(H2,13,15,16)/t8-,10?,11-/m0/s1.